The van der Waals surface area contributed by atoms with Crippen LogP contribution in [0.2, 0.25) is 5.02 Å². The number of unbranched alkanes of at least 4 members (excludes halogenated alkanes) is 1. The van der Waals surface area contributed by atoms with Crippen molar-refractivity contribution < 1.29 is 22.3 Å². The van der Waals surface area contributed by atoms with Crippen molar-refractivity contribution in [1.29, 1.82) is 0 Å². The van der Waals surface area contributed by atoms with Gasteiger partial charge in [-0.05, 0) is 80.7 Å². The second kappa shape index (κ2) is 14.5. The molecule has 1 heterocycles. The first-order valence-corrected chi connectivity index (χ1v) is 14.5. The zero-order valence-corrected chi connectivity index (χ0v) is 23.7. The molecule has 0 aromatic heterocycles. The van der Waals surface area contributed by atoms with Gasteiger partial charge in [-0.15, -0.1) is 12.4 Å². The number of carbonyl (C=O) groups excluding carboxylic acids is 1. The molecule has 0 spiro atoms. The molecule has 0 saturated carbocycles. The van der Waals surface area contributed by atoms with Crippen LogP contribution in [0.15, 0.2) is 71.6 Å². The van der Waals surface area contributed by atoms with Gasteiger partial charge in [0.15, 0.2) is 5.75 Å². The lowest BCUT2D eigenvalue weighted by molar-refractivity contribution is 0.0950. The number of hydrogen-bond acceptors (Lipinski definition) is 5. The summed E-state index contributed by atoms with van der Waals surface area (Å²) in [7, 11) is -4.16. The van der Waals surface area contributed by atoms with Crippen LogP contribution in [0.4, 0.5) is 10.1 Å². The SMILES string of the molecule is Cl.O=C(NCCCCC1CCNCC1)c1cccc(S(=O)(=O)Nc2ccccc2)c1Oc1ccc(F)cc1Cl. The van der Waals surface area contributed by atoms with Gasteiger partial charge in [-0.3, -0.25) is 9.52 Å². The zero-order valence-electron chi connectivity index (χ0n) is 21.3. The van der Waals surface area contributed by atoms with Gasteiger partial charge in [0.25, 0.3) is 15.9 Å². The molecule has 3 aromatic carbocycles. The first kappa shape index (κ1) is 30.7. The fraction of sp³-hybridized carbons (Fsp3) is 0.321. The maximum atomic E-state index is 13.6. The lowest BCUT2D eigenvalue weighted by atomic mass is 9.92. The van der Waals surface area contributed by atoms with Gasteiger partial charge in [-0.25, -0.2) is 12.8 Å². The molecular formula is C28H32Cl2FN3O4S. The minimum Gasteiger partial charge on any atom is -0.454 e. The molecule has 0 aliphatic carbocycles. The zero-order chi connectivity index (χ0) is 27.0. The molecule has 1 aliphatic heterocycles. The predicted octanol–water partition coefficient (Wildman–Crippen LogP) is 6.39. The summed E-state index contributed by atoms with van der Waals surface area (Å²) in [5.74, 6) is -0.511. The number of benzene rings is 3. The van der Waals surface area contributed by atoms with Crippen LogP contribution < -0.4 is 20.1 Å². The molecule has 7 nitrogen and oxygen atoms in total. The molecule has 11 heteroatoms. The van der Waals surface area contributed by atoms with E-state index in [-0.39, 0.29) is 39.4 Å². The molecule has 4 rings (SSSR count). The molecule has 210 valence electrons. The molecule has 1 aliphatic rings. The van der Waals surface area contributed by atoms with Crippen molar-refractivity contribution in [2.24, 2.45) is 5.92 Å². The number of anilines is 1. The van der Waals surface area contributed by atoms with Crippen molar-refractivity contribution in [1.82, 2.24) is 10.6 Å². The van der Waals surface area contributed by atoms with Crippen molar-refractivity contribution in [3.8, 4) is 11.5 Å². The van der Waals surface area contributed by atoms with Crippen LogP contribution in [0, 0.1) is 11.7 Å². The highest BCUT2D eigenvalue weighted by atomic mass is 35.5. The Kier molecular flexibility index (Phi) is 11.4. The van der Waals surface area contributed by atoms with E-state index in [1.807, 2.05) is 0 Å². The summed E-state index contributed by atoms with van der Waals surface area (Å²) < 4.78 is 48.7. The van der Waals surface area contributed by atoms with Crippen molar-refractivity contribution in [2.45, 2.75) is 37.0 Å². The quantitative estimate of drug-likeness (QED) is 0.223. The van der Waals surface area contributed by atoms with Gasteiger partial charge < -0.3 is 15.4 Å². The third-order valence-corrected chi connectivity index (χ3v) is 8.13. The van der Waals surface area contributed by atoms with E-state index in [1.165, 1.54) is 37.1 Å². The number of amides is 1. The fourth-order valence-electron chi connectivity index (χ4n) is 4.42. The molecule has 1 amide bonds. The van der Waals surface area contributed by atoms with Gasteiger partial charge in [0.05, 0.1) is 10.6 Å². The molecule has 39 heavy (non-hydrogen) atoms. The van der Waals surface area contributed by atoms with E-state index in [4.69, 9.17) is 16.3 Å². The minimum atomic E-state index is -4.16. The lowest BCUT2D eigenvalue weighted by Gasteiger charge is -2.22. The Morgan fingerprint density at radius 3 is 2.49 bits per heavy atom. The number of hydrogen-bond donors (Lipinski definition) is 3. The normalized spacial score (nSPS) is 13.8. The van der Waals surface area contributed by atoms with Crippen LogP contribution in [-0.4, -0.2) is 34.0 Å². The molecule has 0 bridgehead atoms. The Morgan fingerprint density at radius 1 is 1.03 bits per heavy atom. The van der Waals surface area contributed by atoms with E-state index in [9.17, 15) is 17.6 Å². The van der Waals surface area contributed by atoms with Crippen molar-refractivity contribution in [3.63, 3.8) is 0 Å². The molecule has 3 N–H and O–H groups in total. The monoisotopic (exact) mass is 595 g/mol. The molecule has 3 aromatic rings. The maximum Gasteiger partial charge on any atom is 0.265 e. The van der Waals surface area contributed by atoms with E-state index in [0.717, 1.165) is 44.5 Å². The standard InChI is InChI=1S/C28H31ClFN3O4S.ClH/c29-24-19-21(30)12-13-25(24)37-27-23(28(34)32-16-5-4-7-20-14-17-31-18-15-20)10-6-11-26(27)38(35,36)33-22-8-2-1-3-9-22;/h1-3,6,8-13,19-20,31,33H,4-5,7,14-18H2,(H,32,34);1H. The Bertz CT molecular complexity index is 1350. The van der Waals surface area contributed by atoms with Crippen LogP contribution in [0.1, 0.15) is 42.5 Å². The summed E-state index contributed by atoms with van der Waals surface area (Å²) in [5, 5.41) is 6.18. The summed E-state index contributed by atoms with van der Waals surface area (Å²) >= 11 is 6.16. The number of para-hydroxylation sites is 2. The van der Waals surface area contributed by atoms with Crippen LogP contribution in [0.5, 0.6) is 11.5 Å². The number of halogens is 3. The van der Waals surface area contributed by atoms with Gasteiger partial charge in [-0.2, -0.15) is 0 Å². The van der Waals surface area contributed by atoms with E-state index >= 15 is 0 Å². The Morgan fingerprint density at radius 2 is 1.77 bits per heavy atom. The topological polar surface area (TPSA) is 96.5 Å². The summed E-state index contributed by atoms with van der Waals surface area (Å²) in [5.41, 5.74) is 0.376. The van der Waals surface area contributed by atoms with Crippen LogP contribution in [0.3, 0.4) is 0 Å². The van der Waals surface area contributed by atoms with E-state index < -0.39 is 21.7 Å². The predicted molar refractivity (Wildman–Crippen MR) is 154 cm³/mol. The smallest absolute Gasteiger partial charge is 0.265 e. The van der Waals surface area contributed by atoms with Crippen LogP contribution in [0.25, 0.3) is 0 Å². The molecule has 0 radical (unpaired) electrons. The number of nitrogens with one attached hydrogen (secondary N) is 3. The number of carbonyl (C=O) groups is 1. The maximum absolute atomic E-state index is 13.6. The van der Waals surface area contributed by atoms with Crippen LogP contribution >= 0.6 is 24.0 Å². The summed E-state index contributed by atoms with van der Waals surface area (Å²) in [6.45, 7) is 2.56. The van der Waals surface area contributed by atoms with Crippen LogP contribution in [-0.2, 0) is 10.0 Å². The van der Waals surface area contributed by atoms with Gasteiger partial charge in [-0.1, -0.05) is 48.7 Å². The third kappa shape index (κ3) is 8.57. The third-order valence-electron chi connectivity index (χ3n) is 6.43. The average Bonchev–Trinajstić information content (AvgIpc) is 2.91. The Balaban J connectivity index is 0.00000420. The highest BCUT2D eigenvalue weighted by Crippen LogP contribution is 2.37. The number of rotatable bonds is 11. The number of piperidine rings is 1. The van der Waals surface area contributed by atoms with Gasteiger partial charge in [0, 0.05) is 12.2 Å². The molecule has 0 atom stereocenters. The summed E-state index contributed by atoms with van der Waals surface area (Å²) in [6.07, 6.45) is 5.28. The van der Waals surface area contributed by atoms with E-state index in [2.05, 4.69) is 15.4 Å². The summed E-state index contributed by atoms with van der Waals surface area (Å²) in [6, 6.07) is 16.2. The van der Waals surface area contributed by atoms with E-state index in [1.54, 1.807) is 30.3 Å². The van der Waals surface area contributed by atoms with Gasteiger partial charge in [0.2, 0.25) is 0 Å². The average molecular weight is 597 g/mol. The highest BCUT2D eigenvalue weighted by molar-refractivity contribution is 7.92. The number of ether oxygens (including phenoxy) is 1. The second-order valence-electron chi connectivity index (χ2n) is 9.23. The fourth-order valence-corrected chi connectivity index (χ4v) is 5.84. The Labute approximate surface area is 239 Å². The molecule has 1 saturated heterocycles. The van der Waals surface area contributed by atoms with Crippen molar-refractivity contribution in [3.05, 3.63) is 83.1 Å². The van der Waals surface area contributed by atoms with Crippen molar-refractivity contribution >= 4 is 45.6 Å². The molecular weight excluding hydrogens is 564 g/mol. The first-order valence-electron chi connectivity index (χ1n) is 12.7. The second-order valence-corrected chi connectivity index (χ2v) is 11.3. The first-order chi connectivity index (χ1) is 18.3. The van der Waals surface area contributed by atoms with Gasteiger partial charge >= 0.3 is 0 Å². The highest BCUT2D eigenvalue weighted by Gasteiger charge is 2.26. The van der Waals surface area contributed by atoms with E-state index in [0.29, 0.717) is 18.2 Å². The lowest BCUT2D eigenvalue weighted by Crippen LogP contribution is -2.28. The molecule has 1 fully saturated rings. The van der Waals surface area contributed by atoms with Crippen molar-refractivity contribution in [2.75, 3.05) is 24.4 Å². The molecule has 0 unspecified atom stereocenters. The van der Waals surface area contributed by atoms with Gasteiger partial charge in [0.1, 0.15) is 16.5 Å². The number of sulfonamides is 1. The minimum absolute atomic E-state index is 0. The summed E-state index contributed by atoms with van der Waals surface area (Å²) in [4.78, 5) is 12.9. The largest absolute Gasteiger partial charge is 0.454 e. The Hall–Kier alpha value is -2.85.